The van der Waals surface area contributed by atoms with Crippen molar-refractivity contribution in [2.45, 2.75) is 54.3 Å². The van der Waals surface area contributed by atoms with Crippen LogP contribution in [-0.4, -0.2) is 59.0 Å². The van der Waals surface area contributed by atoms with Gasteiger partial charge in [-0.25, -0.2) is 9.18 Å². The van der Waals surface area contributed by atoms with Crippen molar-refractivity contribution in [2.24, 2.45) is 0 Å². The van der Waals surface area contributed by atoms with E-state index in [2.05, 4.69) is 6.58 Å². The third kappa shape index (κ3) is 3.76. The summed E-state index contributed by atoms with van der Waals surface area (Å²) in [7, 11) is 0. The van der Waals surface area contributed by atoms with E-state index in [9.17, 15) is 75.0 Å². The molecular weight excluding hydrogens is 480 g/mol. The summed E-state index contributed by atoms with van der Waals surface area (Å²) in [5.74, 6) is -51.1. The topological polar surface area (TPSA) is 37.3 Å². The predicted molar refractivity (Wildman–Crippen MR) is 62.0 cm³/mol. The molecule has 1 N–H and O–H groups in total. The van der Waals surface area contributed by atoms with Crippen molar-refractivity contribution in [3.63, 3.8) is 0 Å². The number of alkyl halides is 16. The van der Waals surface area contributed by atoms with Gasteiger partial charge < -0.3 is 5.11 Å². The van der Waals surface area contributed by atoms with Crippen molar-refractivity contribution in [1.29, 1.82) is 0 Å². The SMILES string of the molecule is C=C(CC(F)C(F)(F)C(F)(F)C(F)(F)C(F)(F)C(F)(F)C(F)(F)C(F)(F)F)C(=O)O. The Balaban J connectivity index is 6.48. The maximum absolute atomic E-state index is 13.3. The first-order valence-corrected chi connectivity index (χ1v) is 6.63. The molecule has 0 aliphatic rings. The van der Waals surface area contributed by atoms with Crippen LogP contribution in [0.3, 0.4) is 0 Å². The first-order valence-electron chi connectivity index (χ1n) is 6.63. The summed E-state index contributed by atoms with van der Waals surface area (Å²) >= 11 is 0. The Morgan fingerprint density at radius 2 is 0.967 bits per heavy atom. The first kappa shape index (κ1) is 28.1. The molecule has 0 saturated carbocycles. The smallest absolute Gasteiger partial charge is 0.460 e. The largest absolute Gasteiger partial charge is 0.478 e. The van der Waals surface area contributed by atoms with Crippen LogP contribution >= 0.6 is 0 Å². The predicted octanol–water partition coefficient (Wildman–Crippen LogP) is 5.73. The molecule has 0 spiro atoms. The summed E-state index contributed by atoms with van der Waals surface area (Å²) in [6.07, 6.45) is -15.1. The zero-order valence-electron chi connectivity index (χ0n) is 13.4. The Morgan fingerprint density at radius 3 is 1.27 bits per heavy atom. The number of hydrogen-bond acceptors (Lipinski definition) is 1. The fraction of sp³-hybridized carbons (Fsp3) is 0.750. The highest BCUT2D eigenvalue weighted by Crippen LogP contribution is 2.63. The number of hydrogen-bond donors (Lipinski definition) is 1. The molecule has 1 atom stereocenters. The van der Waals surface area contributed by atoms with E-state index >= 15 is 0 Å². The second-order valence-electron chi connectivity index (χ2n) is 5.57. The maximum atomic E-state index is 13.3. The Bertz CT molecular complexity index is 676. The number of rotatable bonds is 9. The molecule has 0 aromatic rings. The molecule has 0 aliphatic heterocycles. The third-order valence-electron chi connectivity index (χ3n) is 3.47. The van der Waals surface area contributed by atoms with E-state index in [-0.39, 0.29) is 0 Å². The number of carbonyl (C=O) groups is 1. The second-order valence-corrected chi connectivity index (χ2v) is 5.57. The molecule has 0 amide bonds. The fourth-order valence-electron chi connectivity index (χ4n) is 1.61. The van der Waals surface area contributed by atoms with Gasteiger partial charge in [-0.2, -0.15) is 65.9 Å². The Hall–Kier alpha value is -1.91. The number of halogens is 16. The quantitative estimate of drug-likeness (QED) is 0.334. The zero-order chi connectivity index (χ0) is 24.9. The van der Waals surface area contributed by atoms with E-state index in [4.69, 9.17) is 5.11 Å². The Labute approximate surface area is 154 Å². The van der Waals surface area contributed by atoms with E-state index in [0.29, 0.717) is 0 Å². The van der Waals surface area contributed by atoms with Crippen LogP contribution in [0.15, 0.2) is 12.2 Å². The molecule has 0 rings (SSSR count). The third-order valence-corrected chi connectivity index (χ3v) is 3.47. The summed E-state index contributed by atoms with van der Waals surface area (Å²) in [5, 5.41) is 8.21. The zero-order valence-corrected chi connectivity index (χ0v) is 13.4. The van der Waals surface area contributed by atoms with Crippen LogP contribution in [0.4, 0.5) is 70.2 Å². The lowest BCUT2D eigenvalue weighted by molar-refractivity contribution is -0.454. The number of aliphatic carboxylic acids is 1. The van der Waals surface area contributed by atoms with E-state index < -0.39 is 65.8 Å². The van der Waals surface area contributed by atoms with Gasteiger partial charge in [-0.1, -0.05) is 6.58 Å². The van der Waals surface area contributed by atoms with Gasteiger partial charge in [0.2, 0.25) is 0 Å². The molecule has 0 aromatic carbocycles. The summed E-state index contributed by atoms with van der Waals surface area (Å²) in [6, 6.07) is 0. The molecule has 0 bridgehead atoms. The number of carboxylic acid groups (broad SMARTS) is 1. The summed E-state index contributed by atoms with van der Waals surface area (Å²) in [5.41, 5.74) is -1.73. The van der Waals surface area contributed by atoms with Crippen molar-refractivity contribution in [3.8, 4) is 0 Å². The van der Waals surface area contributed by atoms with Crippen molar-refractivity contribution in [3.05, 3.63) is 12.2 Å². The van der Waals surface area contributed by atoms with Gasteiger partial charge in [-0.05, 0) is 0 Å². The van der Waals surface area contributed by atoms with Crippen LogP contribution in [0.5, 0.6) is 0 Å². The van der Waals surface area contributed by atoms with Gasteiger partial charge >= 0.3 is 47.7 Å². The summed E-state index contributed by atoms with van der Waals surface area (Å²) < 4.78 is 206. The molecular formula is C12H6F16O2. The van der Waals surface area contributed by atoms with E-state index in [1.165, 1.54) is 0 Å². The van der Waals surface area contributed by atoms with Crippen molar-refractivity contribution < 1.29 is 80.1 Å². The first-order chi connectivity index (χ1) is 12.7. The standard InChI is InChI=1S/C12H6F16O2/c1-3(5(29)30)2-4(13)6(14,15)7(16,17)8(18,19)9(20,21)10(22,23)11(24,25)12(26,27)28/h4H,1-2H2,(H,29,30). The Morgan fingerprint density at radius 1 is 0.667 bits per heavy atom. The van der Waals surface area contributed by atoms with Crippen LogP contribution < -0.4 is 0 Å². The van der Waals surface area contributed by atoms with E-state index in [0.717, 1.165) is 0 Å². The molecule has 30 heavy (non-hydrogen) atoms. The molecule has 0 radical (unpaired) electrons. The van der Waals surface area contributed by atoms with Gasteiger partial charge in [-0.3, -0.25) is 0 Å². The molecule has 0 fully saturated rings. The lowest BCUT2D eigenvalue weighted by atomic mass is 9.88. The fourth-order valence-corrected chi connectivity index (χ4v) is 1.61. The highest BCUT2D eigenvalue weighted by atomic mass is 19.4. The highest BCUT2D eigenvalue weighted by molar-refractivity contribution is 5.85. The van der Waals surface area contributed by atoms with Crippen LogP contribution in [0, 0.1) is 0 Å². The molecule has 2 nitrogen and oxygen atoms in total. The van der Waals surface area contributed by atoms with Crippen molar-refractivity contribution in [1.82, 2.24) is 0 Å². The Kier molecular flexibility index (Phi) is 6.88. The van der Waals surface area contributed by atoms with Crippen LogP contribution in [0.1, 0.15) is 6.42 Å². The van der Waals surface area contributed by atoms with Gasteiger partial charge in [-0.15, -0.1) is 0 Å². The van der Waals surface area contributed by atoms with E-state index in [1.54, 1.807) is 0 Å². The minimum atomic E-state index is -8.53. The molecule has 18 heteroatoms. The van der Waals surface area contributed by atoms with Crippen molar-refractivity contribution in [2.75, 3.05) is 0 Å². The van der Waals surface area contributed by atoms with Gasteiger partial charge in [0.25, 0.3) is 0 Å². The minimum Gasteiger partial charge on any atom is -0.478 e. The molecule has 0 heterocycles. The highest BCUT2D eigenvalue weighted by Gasteiger charge is 2.93. The molecule has 178 valence electrons. The van der Waals surface area contributed by atoms with Gasteiger partial charge in [0.15, 0.2) is 6.17 Å². The maximum Gasteiger partial charge on any atom is 0.460 e. The van der Waals surface area contributed by atoms with Crippen LogP contribution in [0.25, 0.3) is 0 Å². The average Bonchev–Trinajstić information content (AvgIpc) is 2.52. The summed E-state index contributed by atoms with van der Waals surface area (Å²) in [4.78, 5) is 10.2. The van der Waals surface area contributed by atoms with E-state index in [1.807, 2.05) is 0 Å². The van der Waals surface area contributed by atoms with Crippen LogP contribution in [0.2, 0.25) is 0 Å². The molecule has 0 aromatic heterocycles. The molecule has 0 saturated heterocycles. The second kappa shape index (κ2) is 7.35. The summed E-state index contributed by atoms with van der Waals surface area (Å²) in [6.45, 7) is 2.30. The molecule has 0 aliphatic carbocycles. The average molecular weight is 486 g/mol. The lowest BCUT2D eigenvalue weighted by Gasteiger charge is -2.42. The van der Waals surface area contributed by atoms with Crippen molar-refractivity contribution >= 4 is 5.97 Å². The normalized spacial score (nSPS) is 16.4. The minimum absolute atomic E-state index is 1.73. The van der Waals surface area contributed by atoms with Gasteiger partial charge in [0, 0.05) is 12.0 Å². The van der Waals surface area contributed by atoms with Crippen LogP contribution in [-0.2, 0) is 4.79 Å². The monoisotopic (exact) mass is 486 g/mol. The van der Waals surface area contributed by atoms with Gasteiger partial charge in [0.1, 0.15) is 0 Å². The molecule has 1 unspecified atom stereocenters. The lowest BCUT2D eigenvalue weighted by Crippen LogP contribution is -2.73. The number of carboxylic acids is 1. The van der Waals surface area contributed by atoms with Gasteiger partial charge in [0.05, 0.1) is 0 Å².